The molecule has 14 heavy (non-hydrogen) atoms. The van der Waals surface area contributed by atoms with E-state index >= 15 is 0 Å². The Bertz CT molecular complexity index is 320. The van der Waals surface area contributed by atoms with Crippen LogP contribution in [-0.4, -0.2) is 6.54 Å². The van der Waals surface area contributed by atoms with E-state index in [4.69, 9.17) is 0 Å². The Morgan fingerprint density at radius 2 is 2.29 bits per heavy atom. The molecule has 0 saturated heterocycles. The summed E-state index contributed by atoms with van der Waals surface area (Å²) in [6.07, 6.45) is 1.27. The number of benzene rings is 1. The molecule has 0 fully saturated rings. The Labute approximate surface area is 84.3 Å². The second kappa shape index (κ2) is 4.09. The number of rotatable bonds is 1. The lowest BCUT2D eigenvalue weighted by Crippen LogP contribution is -2.11. The van der Waals surface area contributed by atoms with Gasteiger partial charge in [0.15, 0.2) is 0 Å². The zero-order chi connectivity index (χ0) is 9.97. The van der Waals surface area contributed by atoms with Crippen molar-refractivity contribution in [2.75, 3.05) is 6.54 Å². The van der Waals surface area contributed by atoms with Gasteiger partial charge < -0.3 is 5.32 Å². The fraction of sp³-hybridized carbons (Fsp3) is 0.500. The fourth-order valence-corrected chi connectivity index (χ4v) is 2.11. The predicted molar refractivity (Wildman–Crippen MR) is 56.0 cm³/mol. The maximum absolute atomic E-state index is 13.3. The van der Waals surface area contributed by atoms with Crippen molar-refractivity contribution in [1.82, 2.24) is 5.32 Å². The van der Waals surface area contributed by atoms with Crippen LogP contribution in [0.1, 0.15) is 36.2 Å². The van der Waals surface area contributed by atoms with Crippen molar-refractivity contribution in [2.45, 2.75) is 32.5 Å². The van der Waals surface area contributed by atoms with Crippen LogP contribution in [0, 0.1) is 0 Å². The summed E-state index contributed by atoms with van der Waals surface area (Å²) in [4.78, 5) is 0. The Morgan fingerprint density at radius 1 is 1.43 bits per heavy atom. The molecule has 1 aliphatic heterocycles. The van der Waals surface area contributed by atoms with E-state index in [9.17, 15) is 4.39 Å². The summed E-state index contributed by atoms with van der Waals surface area (Å²) in [5.74, 6) is 0. The van der Waals surface area contributed by atoms with Gasteiger partial charge in [-0.05, 0) is 43.0 Å². The van der Waals surface area contributed by atoms with Crippen molar-refractivity contribution < 1.29 is 4.39 Å². The van der Waals surface area contributed by atoms with Crippen molar-refractivity contribution >= 4 is 0 Å². The number of halogens is 1. The SMILES string of the molecule is CC(F)c1cccc2c1CCCNC2. The standard InChI is InChI=1S/C12H16FN/c1-9(13)11-5-2-4-10-8-14-7-3-6-12(10)11/h2,4-5,9,14H,3,6-8H2,1H3. The molecule has 1 nitrogen and oxygen atoms in total. The summed E-state index contributed by atoms with van der Waals surface area (Å²) in [6, 6.07) is 5.96. The zero-order valence-electron chi connectivity index (χ0n) is 8.52. The van der Waals surface area contributed by atoms with Gasteiger partial charge in [-0.25, -0.2) is 4.39 Å². The van der Waals surface area contributed by atoms with Gasteiger partial charge in [-0.3, -0.25) is 0 Å². The van der Waals surface area contributed by atoms with Gasteiger partial charge in [0.25, 0.3) is 0 Å². The van der Waals surface area contributed by atoms with Crippen molar-refractivity contribution in [3.8, 4) is 0 Å². The normalized spacial score (nSPS) is 18.4. The van der Waals surface area contributed by atoms with Gasteiger partial charge in [-0.15, -0.1) is 0 Å². The van der Waals surface area contributed by atoms with Crippen LogP contribution in [0.5, 0.6) is 0 Å². The minimum absolute atomic E-state index is 0.844. The topological polar surface area (TPSA) is 12.0 Å². The molecule has 2 heteroatoms. The lowest BCUT2D eigenvalue weighted by atomic mass is 9.95. The van der Waals surface area contributed by atoms with E-state index in [2.05, 4.69) is 11.4 Å². The summed E-state index contributed by atoms with van der Waals surface area (Å²) in [5.41, 5.74) is 3.38. The highest BCUT2D eigenvalue weighted by Crippen LogP contribution is 2.26. The molecule has 1 aromatic rings. The highest BCUT2D eigenvalue weighted by Gasteiger charge is 2.14. The average Bonchev–Trinajstić information content (AvgIpc) is 2.41. The molecule has 1 unspecified atom stereocenters. The smallest absolute Gasteiger partial charge is 0.123 e. The molecule has 0 bridgehead atoms. The summed E-state index contributed by atoms with van der Waals surface area (Å²) < 4.78 is 13.3. The Morgan fingerprint density at radius 3 is 3.07 bits per heavy atom. The first-order chi connectivity index (χ1) is 6.79. The third-order valence-electron chi connectivity index (χ3n) is 2.83. The first kappa shape index (κ1) is 9.66. The first-order valence-electron chi connectivity index (χ1n) is 5.24. The minimum atomic E-state index is -0.844. The van der Waals surface area contributed by atoms with E-state index in [1.165, 1.54) is 11.1 Å². The molecule has 0 aromatic heterocycles. The van der Waals surface area contributed by atoms with Gasteiger partial charge in [0.1, 0.15) is 6.17 Å². The molecular weight excluding hydrogens is 177 g/mol. The highest BCUT2D eigenvalue weighted by atomic mass is 19.1. The summed E-state index contributed by atoms with van der Waals surface area (Å²) >= 11 is 0. The van der Waals surface area contributed by atoms with Crippen LogP contribution in [0.2, 0.25) is 0 Å². The van der Waals surface area contributed by atoms with Crippen LogP contribution >= 0.6 is 0 Å². The van der Waals surface area contributed by atoms with E-state index in [0.717, 1.165) is 31.5 Å². The molecule has 0 aliphatic carbocycles. The van der Waals surface area contributed by atoms with Crippen LogP contribution in [0.4, 0.5) is 4.39 Å². The number of alkyl halides is 1. The van der Waals surface area contributed by atoms with Crippen LogP contribution in [0.15, 0.2) is 18.2 Å². The molecule has 0 radical (unpaired) electrons. The van der Waals surface area contributed by atoms with Crippen molar-refractivity contribution in [3.05, 3.63) is 34.9 Å². The maximum atomic E-state index is 13.3. The van der Waals surface area contributed by atoms with Gasteiger partial charge in [0.2, 0.25) is 0 Å². The van der Waals surface area contributed by atoms with E-state index in [-0.39, 0.29) is 0 Å². The summed E-state index contributed by atoms with van der Waals surface area (Å²) in [5, 5.41) is 3.35. The summed E-state index contributed by atoms with van der Waals surface area (Å²) in [6.45, 7) is 3.54. The zero-order valence-corrected chi connectivity index (χ0v) is 8.52. The monoisotopic (exact) mass is 193 g/mol. The molecule has 2 rings (SSSR count). The van der Waals surface area contributed by atoms with Crippen LogP contribution in [0.25, 0.3) is 0 Å². The highest BCUT2D eigenvalue weighted by molar-refractivity contribution is 5.37. The lowest BCUT2D eigenvalue weighted by molar-refractivity contribution is 0.371. The maximum Gasteiger partial charge on any atom is 0.123 e. The lowest BCUT2D eigenvalue weighted by Gasteiger charge is -2.12. The Balaban J connectivity index is 2.42. The van der Waals surface area contributed by atoms with E-state index < -0.39 is 6.17 Å². The van der Waals surface area contributed by atoms with Crippen molar-refractivity contribution in [2.24, 2.45) is 0 Å². The number of hydrogen-bond donors (Lipinski definition) is 1. The third-order valence-corrected chi connectivity index (χ3v) is 2.83. The summed E-state index contributed by atoms with van der Waals surface area (Å²) in [7, 11) is 0. The number of hydrogen-bond acceptors (Lipinski definition) is 1. The van der Waals surface area contributed by atoms with E-state index in [0.29, 0.717) is 0 Å². The molecule has 1 aliphatic rings. The van der Waals surface area contributed by atoms with Crippen molar-refractivity contribution in [1.29, 1.82) is 0 Å². The number of fused-ring (bicyclic) bond motifs is 1. The second-order valence-electron chi connectivity index (χ2n) is 3.88. The minimum Gasteiger partial charge on any atom is -0.313 e. The molecular formula is C12H16FN. The predicted octanol–water partition coefficient (Wildman–Crippen LogP) is 2.75. The molecule has 0 amide bonds. The quantitative estimate of drug-likeness (QED) is 0.723. The third kappa shape index (κ3) is 1.80. The Hall–Kier alpha value is -0.890. The molecule has 1 heterocycles. The fourth-order valence-electron chi connectivity index (χ4n) is 2.11. The molecule has 76 valence electrons. The molecule has 0 saturated carbocycles. The van der Waals surface area contributed by atoms with Crippen LogP contribution < -0.4 is 5.32 Å². The van der Waals surface area contributed by atoms with Gasteiger partial charge >= 0.3 is 0 Å². The average molecular weight is 193 g/mol. The van der Waals surface area contributed by atoms with Crippen molar-refractivity contribution in [3.63, 3.8) is 0 Å². The molecule has 1 atom stereocenters. The van der Waals surface area contributed by atoms with Gasteiger partial charge in [0, 0.05) is 6.54 Å². The first-order valence-corrected chi connectivity index (χ1v) is 5.24. The van der Waals surface area contributed by atoms with Gasteiger partial charge in [0.05, 0.1) is 0 Å². The van der Waals surface area contributed by atoms with Gasteiger partial charge in [-0.1, -0.05) is 18.2 Å². The van der Waals surface area contributed by atoms with Gasteiger partial charge in [-0.2, -0.15) is 0 Å². The van der Waals surface area contributed by atoms with Crippen LogP contribution in [0.3, 0.4) is 0 Å². The van der Waals surface area contributed by atoms with E-state index in [1.54, 1.807) is 6.92 Å². The molecule has 1 N–H and O–H groups in total. The Kier molecular flexibility index (Phi) is 2.82. The van der Waals surface area contributed by atoms with E-state index in [1.807, 2.05) is 12.1 Å². The molecule has 0 spiro atoms. The largest absolute Gasteiger partial charge is 0.313 e. The van der Waals surface area contributed by atoms with Crippen LogP contribution in [-0.2, 0) is 13.0 Å². The number of nitrogens with one attached hydrogen (secondary N) is 1. The molecule has 1 aromatic carbocycles. The second-order valence-corrected chi connectivity index (χ2v) is 3.88.